The summed E-state index contributed by atoms with van der Waals surface area (Å²) in [5.41, 5.74) is 1.12. The van der Waals surface area contributed by atoms with Crippen LogP contribution < -0.4 is 15.5 Å². The molecule has 1 atom stereocenters. The van der Waals surface area contributed by atoms with Crippen molar-refractivity contribution in [3.63, 3.8) is 0 Å². The van der Waals surface area contributed by atoms with Crippen molar-refractivity contribution in [1.29, 1.82) is 0 Å². The molecule has 1 heterocycles. The van der Waals surface area contributed by atoms with Gasteiger partial charge in [0.2, 0.25) is 11.5 Å². The van der Waals surface area contributed by atoms with E-state index in [4.69, 9.17) is 4.74 Å². The van der Waals surface area contributed by atoms with Gasteiger partial charge in [0.1, 0.15) is 18.2 Å². The van der Waals surface area contributed by atoms with Gasteiger partial charge in [-0.1, -0.05) is 18.2 Å². The van der Waals surface area contributed by atoms with E-state index in [9.17, 15) is 28.0 Å². The smallest absolute Gasteiger partial charge is 0.418 e. The van der Waals surface area contributed by atoms with Gasteiger partial charge in [0.25, 0.3) is 5.91 Å². The number of amides is 5. The van der Waals surface area contributed by atoms with Crippen molar-refractivity contribution in [3.05, 3.63) is 95.1 Å². The summed E-state index contributed by atoms with van der Waals surface area (Å²) in [5.74, 6) is -2.21. The topological polar surface area (TPSA) is 108 Å². The number of imide groups is 1. The van der Waals surface area contributed by atoms with Gasteiger partial charge >= 0.3 is 12.1 Å². The number of anilines is 2. The SMILES string of the molecule is CNC(=O)Nc1ccc2c(c1)CC[C@@]21OC(=O)N(CC(=O)N(Cc2ccc(F)cc2)c2ccc(F)cc2)C1=O. The number of nitrogens with one attached hydrogen (secondary N) is 2. The van der Waals surface area contributed by atoms with Gasteiger partial charge in [0.05, 0.1) is 6.54 Å². The molecular formula is C28H24F2N4O5. The fourth-order valence-corrected chi connectivity index (χ4v) is 4.86. The fraction of sp³-hybridized carbons (Fsp3) is 0.214. The molecule has 2 aliphatic rings. The van der Waals surface area contributed by atoms with Gasteiger partial charge in [-0.25, -0.2) is 23.3 Å². The Labute approximate surface area is 222 Å². The van der Waals surface area contributed by atoms with Crippen molar-refractivity contribution in [1.82, 2.24) is 10.2 Å². The summed E-state index contributed by atoms with van der Waals surface area (Å²) in [7, 11) is 1.49. The highest BCUT2D eigenvalue weighted by atomic mass is 19.1. The third-order valence-corrected chi connectivity index (χ3v) is 6.83. The molecule has 39 heavy (non-hydrogen) atoms. The van der Waals surface area contributed by atoms with Crippen LogP contribution in [0.2, 0.25) is 0 Å². The zero-order valence-electron chi connectivity index (χ0n) is 20.9. The minimum absolute atomic E-state index is 0.00306. The molecule has 1 saturated heterocycles. The van der Waals surface area contributed by atoms with Crippen LogP contribution in [-0.2, 0) is 32.9 Å². The number of carbonyl (C=O) groups excluding carboxylic acids is 4. The number of halogens is 2. The molecule has 0 bridgehead atoms. The Morgan fingerprint density at radius 1 is 1.00 bits per heavy atom. The quantitative estimate of drug-likeness (QED) is 0.496. The third-order valence-electron chi connectivity index (χ3n) is 6.83. The average Bonchev–Trinajstić information content (AvgIpc) is 3.40. The van der Waals surface area contributed by atoms with E-state index in [0.717, 1.165) is 10.5 Å². The van der Waals surface area contributed by atoms with Crippen LogP contribution in [0.25, 0.3) is 0 Å². The van der Waals surface area contributed by atoms with Crippen molar-refractivity contribution < 1.29 is 32.7 Å². The van der Waals surface area contributed by atoms with Crippen molar-refractivity contribution >= 4 is 35.3 Å². The lowest BCUT2D eigenvalue weighted by Gasteiger charge is -2.25. The van der Waals surface area contributed by atoms with Gasteiger partial charge in [-0.05, 0) is 66.1 Å². The molecule has 1 fully saturated rings. The molecule has 5 rings (SSSR count). The molecule has 1 aliphatic heterocycles. The van der Waals surface area contributed by atoms with E-state index in [1.54, 1.807) is 18.2 Å². The first-order valence-corrected chi connectivity index (χ1v) is 12.2. The number of carbonyl (C=O) groups is 4. The number of benzene rings is 3. The van der Waals surface area contributed by atoms with E-state index in [1.807, 2.05) is 0 Å². The normalized spacial score (nSPS) is 17.7. The molecule has 9 nitrogen and oxygen atoms in total. The van der Waals surface area contributed by atoms with Crippen LogP contribution in [0.1, 0.15) is 23.1 Å². The average molecular weight is 535 g/mol. The molecule has 5 amide bonds. The summed E-state index contributed by atoms with van der Waals surface area (Å²) in [6.45, 7) is -0.611. The number of ether oxygens (including phenoxy) is 1. The maximum absolute atomic E-state index is 13.6. The monoisotopic (exact) mass is 534 g/mol. The molecule has 1 aliphatic carbocycles. The molecule has 0 saturated carbocycles. The Balaban J connectivity index is 1.39. The van der Waals surface area contributed by atoms with Crippen molar-refractivity contribution in [2.24, 2.45) is 0 Å². The van der Waals surface area contributed by atoms with E-state index in [1.165, 1.54) is 60.5 Å². The summed E-state index contributed by atoms with van der Waals surface area (Å²) in [4.78, 5) is 53.7. The van der Waals surface area contributed by atoms with E-state index < -0.39 is 47.7 Å². The largest absolute Gasteiger partial charge is 0.427 e. The summed E-state index contributed by atoms with van der Waals surface area (Å²) < 4.78 is 32.6. The molecule has 200 valence electrons. The molecule has 2 N–H and O–H groups in total. The lowest BCUT2D eigenvalue weighted by atomic mass is 9.94. The van der Waals surface area contributed by atoms with E-state index in [-0.39, 0.29) is 13.0 Å². The Kier molecular flexibility index (Phi) is 6.73. The second-order valence-electron chi connectivity index (χ2n) is 9.25. The standard InChI is InChI=1S/C28H24F2N4O5/c1-31-26(37)32-21-8-11-23-18(14-21)12-13-28(23)25(36)34(27(38)39-28)16-24(35)33(22-9-6-20(30)7-10-22)15-17-2-4-19(29)5-3-17/h2-11,14H,12-13,15-16H2,1H3,(H2,31,32,37)/t28-/m1/s1. The number of hydrogen-bond acceptors (Lipinski definition) is 5. The number of urea groups is 1. The number of aryl methyl sites for hydroxylation is 1. The fourth-order valence-electron chi connectivity index (χ4n) is 4.86. The van der Waals surface area contributed by atoms with Gasteiger partial charge in [-0.2, -0.15) is 0 Å². The van der Waals surface area contributed by atoms with E-state index in [0.29, 0.717) is 28.9 Å². The summed E-state index contributed by atoms with van der Waals surface area (Å²) in [6.07, 6.45) is -0.334. The molecule has 0 unspecified atom stereocenters. The first kappa shape index (κ1) is 25.8. The van der Waals surface area contributed by atoms with Gasteiger partial charge < -0.3 is 20.3 Å². The molecule has 0 aromatic heterocycles. The van der Waals surface area contributed by atoms with Crippen molar-refractivity contribution in [3.8, 4) is 0 Å². The highest BCUT2D eigenvalue weighted by Gasteiger charge is 2.58. The van der Waals surface area contributed by atoms with Crippen LogP contribution in [-0.4, -0.2) is 42.4 Å². The summed E-state index contributed by atoms with van der Waals surface area (Å²) in [5, 5.41) is 5.12. The molecule has 3 aromatic rings. The first-order valence-electron chi connectivity index (χ1n) is 12.2. The van der Waals surface area contributed by atoms with Crippen LogP contribution in [0.15, 0.2) is 66.7 Å². The first-order chi connectivity index (χ1) is 18.7. The van der Waals surface area contributed by atoms with E-state index >= 15 is 0 Å². The molecule has 1 spiro atoms. The third kappa shape index (κ3) is 4.90. The van der Waals surface area contributed by atoms with Gasteiger partial charge in [-0.15, -0.1) is 0 Å². The van der Waals surface area contributed by atoms with Crippen molar-refractivity contribution in [2.45, 2.75) is 25.0 Å². The van der Waals surface area contributed by atoms with Crippen molar-refractivity contribution in [2.75, 3.05) is 23.8 Å². The predicted octanol–water partition coefficient (Wildman–Crippen LogP) is 4.07. The minimum atomic E-state index is -1.56. The molecule has 3 aromatic carbocycles. The van der Waals surface area contributed by atoms with Crippen LogP contribution in [0.3, 0.4) is 0 Å². The highest BCUT2D eigenvalue weighted by molar-refractivity contribution is 6.08. The minimum Gasteiger partial charge on any atom is -0.427 e. The number of fused-ring (bicyclic) bond motifs is 2. The van der Waals surface area contributed by atoms with E-state index in [2.05, 4.69) is 10.6 Å². The maximum Gasteiger partial charge on any atom is 0.418 e. The van der Waals surface area contributed by atoms with Crippen LogP contribution in [0, 0.1) is 11.6 Å². The summed E-state index contributed by atoms with van der Waals surface area (Å²) >= 11 is 0. The van der Waals surface area contributed by atoms with Crippen LogP contribution >= 0.6 is 0 Å². The zero-order valence-corrected chi connectivity index (χ0v) is 20.9. The van der Waals surface area contributed by atoms with Gasteiger partial charge in [-0.3, -0.25) is 9.59 Å². The predicted molar refractivity (Wildman–Crippen MR) is 137 cm³/mol. The number of hydrogen-bond donors (Lipinski definition) is 2. The Hall–Kier alpha value is -4.80. The second-order valence-corrected chi connectivity index (χ2v) is 9.25. The zero-order chi connectivity index (χ0) is 27.7. The van der Waals surface area contributed by atoms with Gasteiger partial charge in [0, 0.05) is 30.4 Å². The van der Waals surface area contributed by atoms with Crippen LogP contribution in [0.4, 0.5) is 29.7 Å². The van der Waals surface area contributed by atoms with Gasteiger partial charge in [0.15, 0.2) is 0 Å². The number of nitrogens with zero attached hydrogens (tertiary/aromatic N) is 2. The molecule has 0 radical (unpaired) electrons. The summed E-state index contributed by atoms with van der Waals surface area (Å²) in [6, 6.07) is 15.2. The van der Waals surface area contributed by atoms with Crippen LogP contribution in [0.5, 0.6) is 0 Å². The second kappa shape index (κ2) is 10.2. The lowest BCUT2D eigenvalue weighted by Crippen LogP contribution is -2.44. The molecular weight excluding hydrogens is 510 g/mol. The Morgan fingerprint density at radius 3 is 2.33 bits per heavy atom. The maximum atomic E-state index is 13.6. The Bertz CT molecular complexity index is 1460. The number of rotatable bonds is 6. The lowest BCUT2D eigenvalue weighted by molar-refractivity contribution is -0.139. The Morgan fingerprint density at radius 2 is 1.67 bits per heavy atom. The highest BCUT2D eigenvalue weighted by Crippen LogP contribution is 2.46. The molecule has 11 heteroatoms.